The Balaban J connectivity index is 1.89. The maximum Gasteiger partial charge on any atom is 0.111 e. The van der Waals surface area contributed by atoms with Crippen molar-refractivity contribution in [2.24, 2.45) is 5.73 Å². The van der Waals surface area contributed by atoms with Crippen LogP contribution >= 0.6 is 11.3 Å². The van der Waals surface area contributed by atoms with E-state index in [9.17, 15) is 0 Å². The summed E-state index contributed by atoms with van der Waals surface area (Å²) in [5.41, 5.74) is 8.89. The van der Waals surface area contributed by atoms with Gasteiger partial charge in [-0.15, -0.1) is 11.3 Å². The first kappa shape index (κ1) is 12.8. The molecule has 2 N–H and O–H groups in total. The molecule has 0 spiro atoms. The van der Waals surface area contributed by atoms with Crippen LogP contribution in [0.25, 0.3) is 10.2 Å². The monoisotopic (exact) mass is 279 g/mol. The van der Waals surface area contributed by atoms with Crippen LogP contribution in [0.3, 0.4) is 0 Å². The standard InChI is InChI=1S/C16H13N3S/c17-10-12-6-2-1-5-11(12)9-13(18)16-19-14-7-3-4-8-15(14)20-16/h1-8,13H,9,18H2. The Bertz CT molecular complexity index is 753. The minimum Gasteiger partial charge on any atom is -0.322 e. The molecule has 0 radical (unpaired) electrons. The second-order valence-corrected chi connectivity index (χ2v) is 5.66. The molecule has 4 heteroatoms. The summed E-state index contributed by atoms with van der Waals surface area (Å²) in [7, 11) is 0. The number of fused-ring (bicyclic) bond motifs is 1. The van der Waals surface area contributed by atoms with Crippen LogP contribution in [-0.4, -0.2) is 4.98 Å². The third-order valence-electron chi connectivity index (χ3n) is 3.21. The highest BCUT2D eigenvalue weighted by atomic mass is 32.1. The second-order valence-electron chi connectivity index (χ2n) is 4.60. The first-order valence-electron chi connectivity index (χ1n) is 6.37. The minimum atomic E-state index is -0.179. The van der Waals surface area contributed by atoms with Crippen molar-refractivity contribution in [1.29, 1.82) is 5.26 Å². The van der Waals surface area contributed by atoms with Crippen LogP contribution in [0.2, 0.25) is 0 Å². The molecule has 0 aliphatic heterocycles. The van der Waals surface area contributed by atoms with Gasteiger partial charge in [-0.2, -0.15) is 5.26 Å². The molecule has 3 aromatic rings. The van der Waals surface area contributed by atoms with Crippen LogP contribution in [0.4, 0.5) is 0 Å². The molecule has 1 heterocycles. The minimum absolute atomic E-state index is 0.179. The molecular formula is C16H13N3S. The predicted octanol–water partition coefficient (Wildman–Crippen LogP) is 3.41. The van der Waals surface area contributed by atoms with Crippen molar-refractivity contribution in [1.82, 2.24) is 4.98 Å². The average Bonchev–Trinajstić information content (AvgIpc) is 2.92. The summed E-state index contributed by atoms with van der Waals surface area (Å²) in [5, 5.41) is 10.0. The first-order chi connectivity index (χ1) is 9.78. The number of rotatable bonds is 3. The summed E-state index contributed by atoms with van der Waals surface area (Å²) in [6.07, 6.45) is 0.629. The second kappa shape index (κ2) is 5.41. The summed E-state index contributed by atoms with van der Waals surface area (Å²) in [6, 6.07) is 17.6. The Morgan fingerprint density at radius 1 is 1.15 bits per heavy atom. The molecule has 1 aromatic heterocycles. The highest BCUT2D eigenvalue weighted by Gasteiger charge is 2.14. The number of para-hydroxylation sites is 1. The van der Waals surface area contributed by atoms with Crippen LogP contribution in [-0.2, 0) is 6.42 Å². The van der Waals surface area contributed by atoms with Crippen molar-refractivity contribution in [3.63, 3.8) is 0 Å². The number of nitrogens with zero attached hydrogens (tertiary/aromatic N) is 2. The van der Waals surface area contributed by atoms with Gasteiger partial charge < -0.3 is 5.73 Å². The molecule has 1 atom stereocenters. The van der Waals surface area contributed by atoms with E-state index in [1.54, 1.807) is 11.3 Å². The number of benzene rings is 2. The zero-order chi connectivity index (χ0) is 13.9. The van der Waals surface area contributed by atoms with Crippen molar-refractivity contribution < 1.29 is 0 Å². The van der Waals surface area contributed by atoms with E-state index in [1.807, 2.05) is 48.5 Å². The lowest BCUT2D eigenvalue weighted by Gasteiger charge is -2.09. The fraction of sp³-hybridized carbons (Fsp3) is 0.125. The number of hydrogen-bond donors (Lipinski definition) is 1. The number of thiazole rings is 1. The van der Waals surface area contributed by atoms with Crippen molar-refractivity contribution >= 4 is 21.6 Å². The van der Waals surface area contributed by atoms with Gasteiger partial charge in [-0.3, -0.25) is 0 Å². The van der Waals surface area contributed by atoms with Gasteiger partial charge in [0.15, 0.2) is 0 Å². The van der Waals surface area contributed by atoms with Crippen LogP contribution in [0, 0.1) is 11.3 Å². The molecule has 0 fully saturated rings. The molecule has 0 aliphatic rings. The number of nitrogens with two attached hydrogens (primary N) is 1. The van der Waals surface area contributed by atoms with Gasteiger partial charge in [0.2, 0.25) is 0 Å². The summed E-state index contributed by atoms with van der Waals surface area (Å²) in [4.78, 5) is 4.57. The Morgan fingerprint density at radius 3 is 2.70 bits per heavy atom. The van der Waals surface area contributed by atoms with Crippen molar-refractivity contribution in [2.75, 3.05) is 0 Å². The number of nitriles is 1. The number of aromatic nitrogens is 1. The van der Waals surface area contributed by atoms with Crippen LogP contribution < -0.4 is 5.73 Å². The maximum atomic E-state index is 9.11. The van der Waals surface area contributed by atoms with E-state index < -0.39 is 0 Å². The number of hydrogen-bond acceptors (Lipinski definition) is 4. The molecule has 3 rings (SSSR count). The molecule has 1 unspecified atom stereocenters. The van der Waals surface area contributed by atoms with Crippen molar-refractivity contribution in [3.8, 4) is 6.07 Å². The lowest BCUT2D eigenvalue weighted by molar-refractivity contribution is 0.716. The normalized spacial score (nSPS) is 12.2. The molecule has 0 amide bonds. The Morgan fingerprint density at radius 2 is 1.90 bits per heavy atom. The van der Waals surface area contributed by atoms with Gasteiger partial charge in [0.05, 0.1) is 27.9 Å². The van der Waals surface area contributed by atoms with Crippen LogP contribution in [0.15, 0.2) is 48.5 Å². The van der Waals surface area contributed by atoms with Crippen LogP contribution in [0.5, 0.6) is 0 Å². The molecule has 0 saturated heterocycles. The summed E-state index contributed by atoms with van der Waals surface area (Å²) in [5.74, 6) is 0. The van der Waals surface area contributed by atoms with Crippen molar-refractivity contribution in [2.45, 2.75) is 12.5 Å². The lowest BCUT2D eigenvalue weighted by Crippen LogP contribution is -2.13. The largest absolute Gasteiger partial charge is 0.322 e. The topological polar surface area (TPSA) is 62.7 Å². The third-order valence-corrected chi connectivity index (χ3v) is 4.37. The maximum absolute atomic E-state index is 9.11. The summed E-state index contributed by atoms with van der Waals surface area (Å²) >= 11 is 1.62. The molecule has 3 nitrogen and oxygen atoms in total. The Hall–Kier alpha value is -2.22. The molecule has 0 aliphatic carbocycles. The first-order valence-corrected chi connectivity index (χ1v) is 7.18. The Kier molecular flexibility index (Phi) is 3.46. The van der Waals surface area contributed by atoms with Gasteiger partial charge >= 0.3 is 0 Å². The third kappa shape index (κ3) is 2.42. The molecule has 2 aromatic carbocycles. The van der Waals surface area contributed by atoms with E-state index in [1.165, 1.54) is 0 Å². The summed E-state index contributed by atoms with van der Waals surface area (Å²) in [6.45, 7) is 0. The fourth-order valence-corrected chi connectivity index (χ4v) is 3.15. The lowest BCUT2D eigenvalue weighted by atomic mass is 10.0. The molecule has 0 bridgehead atoms. The fourth-order valence-electron chi connectivity index (χ4n) is 2.18. The quantitative estimate of drug-likeness (QED) is 0.799. The Labute approximate surface area is 121 Å². The highest BCUT2D eigenvalue weighted by Crippen LogP contribution is 2.27. The van der Waals surface area contributed by atoms with Gasteiger partial charge in [-0.05, 0) is 30.2 Å². The van der Waals surface area contributed by atoms with Crippen molar-refractivity contribution in [3.05, 3.63) is 64.7 Å². The van der Waals surface area contributed by atoms with Gasteiger partial charge in [-0.1, -0.05) is 30.3 Å². The zero-order valence-electron chi connectivity index (χ0n) is 10.8. The molecular weight excluding hydrogens is 266 g/mol. The SMILES string of the molecule is N#Cc1ccccc1CC(N)c1nc2ccccc2s1. The van der Waals surface area contributed by atoms with E-state index in [0.717, 1.165) is 20.8 Å². The van der Waals surface area contributed by atoms with Gasteiger partial charge in [0.25, 0.3) is 0 Å². The molecule has 0 saturated carbocycles. The average molecular weight is 279 g/mol. The van der Waals surface area contributed by atoms with E-state index >= 15 is 0 Å². The van der Waals surface area contributed by atoms with Crippen LogP contribution in [0.1, 0.15) is 22.2 Å². The van der Waals surface area contributed by atoms with E-state index in [-0.39, 0.29) is 6.04 Å². The van der Waals surface area contributed by atoms with Gasteiger partial charge in [-0.25, -0.2) is 4.98 Å². The smallest absolute Gasteiger partial charge is 0.111 e. The van der Waals surface area contributed by atoms with E-state index in [4.69, 9.17) is 11.0 Å². The van der Waals surface area contributed by atoms with Gasteiger partial charge in [0.1, 0.15) is 5.01 Å². The molecule has 98 valence electrons. The van der Waals surface area contributed by atoms with E-state index in [0.29, 0.717) is 12.0 Å². The predicted molar refractivity (Wildman–Crippen MR) is 81.4 cm³/mol. The molecule has 20 heavy (non-hydrogen) atoms. The highest BCUT2D eigenvalue weighted by molar-refractivity contribution is 7.18. The zero-order valence-corrected chi connectivity index (χ0v) is 11.6. The van der Waals surface area contributed by atoms with E-state index in [2.05, 4.69) is 11.1 Å². The van der Waals surface area contributed by atoms with Gasteiger partial charge in [0, 0.05) is 0 Å². The summed E-state index contributed by atoms with van der Waals surface area (Å²) < 4.78 is 1.14.